The average Bonchev–Trinajstić information content (AvgIpc) is 2.49. The zero-order valence-corrected chi connectivity index (χ0v) is 14.0. The normalized spacial score (nSPS) is 13.4. The number of rotatable bonds is 7. The number of nitrogens with two attached hydrogens (primary N) is 1. The number of hydrogen-bond donors (Lipinski definition) is 3. The van der Waals surface area contributed by atoms with Crippen LogP contribution in [0.2, 0.25) is 0 Å². The van der Waals surface area contributed by atoms with Gasteiger partial charge in [-0.25, -0.2) is 13.6 Å². The summed E-state index contributed by atoms with van der Waals surface area (Å²) in [5, 5.41) is 19.4. The number of aliphatic hydroxyl groups is 1. The van der Waals surface area contributed by atoms with Crippen LogP contribution < -0.4 is 15.2 Å². The second-order valence-electron chi connectivity index (χ2n) is 5.68. The summed E-state index contributed by atoms with van der Waals surface area (Å²) >= 11 is 0. The van der Waals surface area contributed by atoms with E-state index >= 15 is 0 Å². The number of primary sulfonamides is 1. The number of aliphatic hydroxyl groups excluding tert-OH is 1. The standard InChI is InChI=1S/C16H22N2O4S/c1-11(2)18-9-12(19)10-22-15-7-8-16(23(17,20)21)14-6-4-3-5-13(14)15/h3-8,11-12,18-19H,9-10H2,1-2H3,(H2,17,20,21)/t12-/m0/s1. The Bertz CT molecular complexity index is 775. The molecule has 0 unspecified atom stereocenters. The molecule has 0 amide bonds. The Balaban J connectivity index is 2.23. The fraction of sp³-hybridized carbons (Fsp3) is 0.375. The zero-order chi connectivity index (χ0) is 17.0. The fourth-order valence-corrected chi connectivity index (χ4v) is 2.98. The quantitative estimate of drug-likeness (QED) is 0.705. The van der Waals surface area contributed by atoms with E-state index in [0.29, 0.717) is 23.1 Å². The van der Waals surface area contributed by atoms with Gasteiger partial charge in [0.15, 0.2) is 0 Å². The van der Waals surface area contributed by atoms with Crippen LogP contribution >= 0.6 is 0 Å². The second kappa shape index (κ2) is 7.27. The van der Waals surface area contributed by atoms with E-state index in [0.717, 1.165) is 0 Å². The van der Waals surface area contributed by atoms with E-state index < -0.39 is 16.1 Å². The Morgan fingerprint density at radius 1 is 1.17 bits per heavy atom. The zero-order valence-electron chi connectivity index (χ0n) is 13.2. The van der Waals surface area contributed by atoms with Gasteiger partial charge >= 0.3 is 0 Å². The smallest absolute Gasteiger partial charge is 0.238 e. The summed E-state index contributed by atoms with van der Waals surface area (Å²) in [6, 6.07) is 10.2. The summed E-state index contributed by atoms with van der Waals surface area (Å²) < 4.78 is 29.0. The molecule has 0 fully saturated rings. The van der Waals surface area contributed by atoms with E-state index in [2.05, 4.69) is 5.32 Å². The predicted octanol–water partition coefficient (Wildman–Crippen LogP) is 1.22. The summed E-state index contributed by atoms with van der Waals surface area (Å²) in [7, 11) is -3.81. The largest absolute Gasteiger partial charge is 0.490 e. The van der Waals surface area contributed by atoms with Crippen molar-refractivity contribution in [2.45, 2.75) is 30.9 Å². The van der Waals surface area contributed by atoms with Crippen molar-refractivity contribution >= 4 is 20.8 Å². The maximum Gasteiger partial charge on any atom is 0.238 e. The summed E-state index contributed by atoms with van der Waals surface area (Å²) in [6.07, 6.45) is -0.658. The van der Waals surface area contributed by atoms with Gasteiger partial charge in [0.05, 0.1) is 4.90 Å². The molecule has 6 nitrogen and oxygen atoms in total. The van der Waals surface area contributed by atoms with Gasteiger partial charge in [0, 0.05) is 23.4 Å². The van der Waals surface area contributed by atoms with Crippen molar-refractivity contribution in [3.63, 3.8) is 0 Å². The van der Waals surface area contributed by atoms with E-state index in [1.165, 1.54) is 6.07 Å². The maximum atomic E-state index is 11.7. The van der Waals surface area contributed by atoms with E-state index in [-0.39, 0.29) is 17.5 Å². The van der Waals surface area contributed by atoms with Gasteiger partial charge in [-0.3, -0.25) is 0 Å². The number of sulfonamides is 1. The highest BCUT2D eigenvalue weighted by molar-refractivity contribution is 7.89. The van der Waals surface area contributed by atoms with Gasteiger partial charge in [0.25, 0.3) is 0 Å². The number of ether oxygens (including phenoxy) is 1. The molecule has 4 N–H and O–H groups in total. The fourth-order valence-electron chi connectivity index (χ4n) is 2.23. The summed E-state index contributed by atoms with van der Waals surface area (Å²) in [5.74, 6) is 0.511. The van der Waals surface area contributed by atoms with Crippen LogP contribution in [0, 0.1) is 0 Å². The lowest BCUT2D eigenvalue weighted by atomic mass is 10.1. The van der Waals surface area contributed by atoms with Gasteiger partial charge in [-0.05, 0) is 12.1 Å². The molecule has 126 valence electrons. The van der Waals surface area contributed by atoms with Crippen LogP contribution in [0.1, 0.15) is 13.8 Å². The molecular formula is C16H22N2O4S. The molecule has 0 radical (unpaired) electrons. The first-order valence-electron chi connectivity index (χ1n) is 7.38. The number of fused-ring (bicyclic) bond motifs is 1. The highest BCUT2D eigenvalue weighted by Crippen LogP contribution is 2.30. The van der Waals surface area contributed by atoms with Crippen molar-refractivity contribution in [1.82, 2.24) is 5.32 Å². The molecule has 2 aromatic carbocycles. The highest BCUT2D eigenvalue weighted by atomic mass is 32.2. The van der Waals surface area contributed by atoms with Gasteiger partial charge in [-0.2, -0.15) is 0 Å². The Hall–Kier alpha value is -1.67. The van der Waals surface area contributed by atoms with Crippen molar-refractivity contribution in [2.24, 2.45) is 5.14 Å². The van der Waals surface area contributed by atoms with E-state index in [9.17, 15) is 13.5 Å². The predicted molar refractivity (Wildman–Crippen MR) is 90.0 cm³/mol. The van der Waals surface area contributed by atoms with Crippen LogP contribution in [0.3, 0.4) is 0 Å². The minimum atomic E-state index is -3.81. The molecule has 0 saturated heterocycles. The number of nitrogens with one attached hydrogen (secondary N) is 1. The molecule has 0 saturated carbocycles. The average molecular weight is 338 g/mol. The molecule has 23 heavy (non-hydrogen) atoms. The first-order valence-corrected chi connectivity index (χ1v) is 8.92. The Kier molecular flexibility index (Phi) is 5.59. The van der Waals surface area contributed by atoms with Crippen LogP contribution in [0.5, 0.6) is 5.75 Å². The third kappa shape index (κ3) is 4.65. The Morgan fingerprint density at radius 3 is 2.43 bits per heavy atom. The van der Waals surface area contributed by atoms with Crippen LogP contribution in [0.25, 0.3) is 10.8 Å². The molecule has 0 aromatic heterocycles. The molecule has 2 rings (SSSR count). The van der Waals surface area contributed by atoms with Crippen LogP contribution in [0.15, 0.2) is 41.3 Å². The van der Waals surface area contributed by atoms with E-state index in [1.54, 1.807) is 30.3 Å². The highest BCUT2D eigenvalue weighted by Gasteiger charge is 2.15. The van der Waals surface area contributed by atoms with Gasteiger partial charge in [-0.1, -0.05) is 38.1 Å². The lowest BCUT2D eigenvalue weighted by molar-refractivity contribution is 0.105. The van der Waals surface area contributed by atoms with Crippen molar-refractivity contribution in [2.75, 3.05) is 13.2 Å². The molecule has 0 aliphatic heterocycles. The number of hydrogen-bond acceptors (Lipinski definition) is 5. The summed E-state index contributed by atoms with van der Waals surface area (Å²) in [5.41, 5.74) is 0. The van der Waals surface area contributed by atoms with Gasteiger partial charge in [0.1, 0.15) is 18.5 Å². The van der Waals surface area contributed by atoms with Crippen molar-refractivity contribution < 1.29 is 18.3 Å². The summed E-state index contributed by atoms with van der Waals surface area (Å²) in [4.78, 5) is 0.0578. The SMILES string of the molecule is CC(C)NC[C@H](O)COc1ccc(S(N)(=O)=O)c2ccccc12. The van der Waals surface area contributed by atoms with Gasteiger partial charge in [-0.15, -0.1) is 0 Å². The van der Waals surface area contributed by atoms with Crippen LogP contribution in [0.4, 0.5) is 0 Å². The second-order valence-corrected chi connectivity index (χ2v) is 7.21. The minimum Gasteiger partial charge on any atom is -0.490 e. The van der Waals surface area contributed by atoms with Crippen molar-refractivity contribution in [3.05, 3.63) is 36.4 Å². The molecule has 1 atom stereocenters. The first kappa shape index (κ1) is 17.7. The maximum absolute atomic E-state index is 11.7. The molecule has 0 bridgehead atoms. The number of benzene rings is 2. The van der Waals surface area contributed by atoms with E-state index in [4.69, 9.17) is 9.88 Å². The van der Waals surface area contributed by atoms with Crippen LogP contribution in [-0.2, 0) is 10.0 Å². The first-order chi connectivity index (χ1) is 10.8. The topological polar surface area (TPSA) is 102 Å². The third-order valence-corrected chi connectivity index (χ3v) is 4.31. The molecular weight excluding hydrogens is 316 g/mol. The summed E-state index contributed by atoms with van der Waals surface area (Å²) in [6.45, 7) is 4.52. The van der Waals surface area contributed by atoms with Gasteiger partial charge < -0.3 is 15.2 Å². The lowest BCUT2D eigenvalue weighted by Crippen LogP contribution is -2.35. The van der Waals surface area contributed by atoms with E-state index in [1.807, 2.05) is 13.8 Å². The van der Waals surface area contributed by atoms with Crippen LogP contribution in [-0.4, -0.2) is 38.8 Å². The van der Waals surface area contributed by atoms with Crippen molar-refractivity contribution in [1.29, 1.82) is 0 Å². The molecule has 2 aromatic rings. The Morgan fingerprint density at radius 2 is 1.83 bits per heavy atom. The van der Waals surface area contributed by atoms with Crippen molar-refractivity contribution in [3.8, 4) is 5.75 Å². The Labute approximate surface area is 136 Å². The van der Waals surface area contributed by atoms with Gasteiger partial charge in [0.2, 0.25) is 10.0 Å². The molecule has 0 aliphatic carbocycles. The molecule has 7 heteroatoms. The lowest BCUT2D eigenvalue weighted by Gasteiger charge is -2.16. The minimum absolute atomic E-state index is 0.0578. The third-order valence-electron chi connectivity index (χ3n) is 3.34. The molecule has 0 spiro atoms. The monoisotopic (exact) mass is 338 g/mol. The molecule has 0 aliphatic rings. The molecule has 0 heterocycles.